The van der Waals surface area contributed by atoms with E-state index in [4.69, 9.17) is 0 Å². The molecule has 0 bridgehead atoms. The van der Waals surface area contributed by atoms with Gasteiger partial charge in [0.05, 0.1) is 5.75 Å². The van der Waals surface area contributed by atoms with Crippen LogP contribution in [-0.4, -0.2) is 45.5 Å². The summed E-state index contributed by atoms with van der Waals surface area (Å²) >= 11 is 0. The van der Waals surface area contributed by atoms with Crippen LogP contribution in [0, 0.1) is 0 Å². The fourth-order valence-corrected chi connectivity index (χ4v) is 2.11. The van der Waals surface area contributed by atoms with Crippen LogP contribution in [0.2, 0.25) is 0 Å². The van der Waals surface area contributed by atoms with E-state index in [2.05, 4.69) is 10.6 Å². The van der Waals surface area contributed by atoms with Crippen molar-refractivity contribution < 1.29 is 13.2 Å². The summed E-state index contributed by atoms with van der Waals surface area (Å²) in [7, 11) is -3.04. The van der Waals surface area contributed by atoms with Crippen LogP contribution in [0.5, 0.6) is 0 Å². The summed E-state index contributed by atoms with van der Waals surface area (Å²) in [5, 5.41) is 6.01. The average molecular weight is 234 g/mol. The largest absolute Gasteiger partial charge is 0.352 e. The van der Waals surface area contributed by atoms with Gasteiger partial charge in [-0.15, -0.1) is 0 Å². The Balaban J connectivity index is 2.23. The number of hydrogen-bond acceptors (Lipinski definition) is 4. The molecule has 1 atom stereocenters. The summed E-state index contributed by atoms with van der Waals surface area (Å²) < 4.78 is 21.7. The molecule has 0 aliphatic carbocycles. The van der Waals surface area contributed by atoms with E-state index >= 15 is 0 Å². The first-order valence-corrected chi connectivity index (χ1v) is 7.21. The maximum absolute atomic E-state index is 11.4. The van der Waals surface area contributed by atoms with Crippen molar-refractivity contribution in [1.82, 2.24) is 10.6 Å². The van der Waals surface area contributed by atoms with E-state index in [1.54, 1.807) is 0 Å². The van der Waals surface area contributed by atoms with Crippen LogP contribution in [0.3, 0.4) is 0 Å². The summed E-state index contributed by atoms with van der Waals surface area (Å²) in [4.78, 5) is 11.4. The molecule has 1 aliphatic rings. The molecule has 0 radical (unpaired) electrons. The molecule has 1 heterocycles. The highest BCUT2D eigenvalue weighted by molar-refractivity contribution is 7.90. The second kappa shape index (κ2) is 5.46. The van der Waals surface area contributed by atoms with Gasteiger partial charge in [-0.1, -0.05) is 0 Å². The predicted octanol–water partition coefficient (Wildman–Crippen LogP) is -0.711. The van der Waals surface area contributed by atoms with Crippen LogP contribution in [0.4, 0.5) is 0 Å². The van der Waals surface area contributed by atoms with E-state index in [0.29, 0.717) is 0 Å². The van der Waals surface area contributed by atoms with Crippen molar-refractivity contribution in [3.8, 4) is 0 Å². The summed E-state index contributed by atoms with van der Waals surface area (Å²) in [5.41, 5.74) is 0. The Morgan fingerprint density at radius 1 is 1.53 bits per heavy atom. The molecule has 0 aromatic carbocycles. The van der Waals surface area contributed by atoms with E-state index in [-0.39, 0.29) is 24.1 Å². The molecule has 6 heteroatoms. The lowest BCUT2D eigenvalue weighted by molar-refractivity contribution is -0.121. The van der Waals surface area contributed by atoms with Crippen LogP contribution in [0.1, 0.15) is 19.3 Å². The Kier molecular flexibility index (Phi) is 4.53. The Morgan fingerprint density at radius 2 is 2.27 bits per heavy atom. The third-order valence-corrected chi connectivity index (χ3v) is 3.31. The molecule has 15 heavy (non-hydrogen) atoms. The minimum Gasteiger partial charge on any atom is -0.352 e. The second-order valence-electron chi connectivity index (χ2n) is 3.99. The summed E-state index contributed by atoms with van der Waals surface area (Å²) in [6.45, 7) is 1.78. The first kappa shape index (κ1) is 12.4. The van der Waals surface area contributed by atoms with Gasteiger partial charge in [0.2, 0.25) is 5.91 Å². The molecular weight excluding hydrogens is 216 g/mol. The normalized spacial score (nSPS) is 22.3. The fraction of sp³-hybridized carbons (Fsp3) is 0.889. The SMILES string of the molecule is CS(=O)(=O)CCC(=O)NC1CCCNC1. The molecule has 1 aliphatic heterocycles. The molecule has 2 N–H and O–H groups in total. The topological polar surface area (TPSA) is 75.3 Å². The number of sulfone groups is 1. The van der Waals surface area contributed by atoms with Gasteiger partial charge in [-0.3, -0.25) is 4.79 Å². The minimum atomic E-state index is -3.04. The quantitative estimate of drug-likeness (QED) is 0.674. The molecule has 88 valence electrons. The number of nitrogens with one attached hydrogen (secondary N) is 2. The smallest absolute Gasteiger partial charge is 0.221 e. The Hall–Kier alpha value is -0.620. The van der Waals surface area contributed by atoms with Crippen molar-refractivity contribution >= 4 is 15.7 Å². The van der Waals surface area contributed by atoms with Crippen LogP contribution in [0.15, 0.2) is 0 Å². The molecule has 0 saturated carbocycles. The molecule has 0 aromatic rings. The van der Waals surface area contributed by atoms with Gasteiger partial charge < -0.3 is 10.6 Å². The maximum Gasteiger partial charge on any atom is 0.221 e. The van der Waals surface area contributed by atoms with E-state index in [1.165, 1.54) is 0 Å². The van der Waals surface area contributed by atoms with Crippen molar-refractivity contribution in [1.29, 1.82) is 0 Å². The lowest BCUT2D eigenvalue weighted by Gasteiger charge is -2.23. The van der Waals surface area contributed by atoms with Crippen molar-refractivity contribution in [2.24, 2.45) is 0 Å². The zero-order chi connectivity index (χ0) is 11.3. The Labute approximate surface area is 90.5 Å². The molecule has 1 unspecified atom stereocenters. The summed E-state index contributed by atoms with van der Waals surface area (Å²) in [5.74, 6) is -0.243. The van der Waals surface area contributed by atoms with Gasteiger partial charge in [0.15, 0.2) is 0 Å². The number of rotatable bonds is 4. The van der Waals surface area contributed by atoms with E-state index in [1.807, 2.05) is 0 Å². The van der Waals surface area contributed by atoms with Crippen molar-refractivity contribution in [2.75, 3.05) is 25.1 Å². The monoisotopic (exact) mass is 234 g/mol. The van der Waals surface area contributed by atoms with E-state index in [9.17, 15) is 13.2 Å². The first-order valence-electron chi connectivity index (χ1n) is 5.15. The van der Waals surface area contributed by atoms with Gasteiger partial charge in [-0.05, 0) is 19.4 Å². The number of carbonyl (C=O) groups excluding carboxylic acids is 1. The van der Waals surface area contributed by atoms with Crippen LogP contribution in [-0.2, 0) is 14.6 Å². The van der Waals surface area contributed by atoms with Gasteiger partial charge in [-0.2, -0.15) is 0 Å². The molecule has 1 fully saturated rings. The third-order valence-electron chi connectivity index (χ3n) is 2.36. The van der Waals surface area contributed by atoms with Gasteiger partial charge in [0, 0.05) is 25.3 Å². The summed E-state index contributed by atoms with van der Waals surface area (Å²) in [6.07, 6.45) is 3.23. The lowest BCUT2D eigenvalue weighted by Crippen LogP contribution is -2.45. The zero-order valence-corrected chi connectivity index (χ0v) is 9.77. The zero-order valence-electron chi connectivity index (χ0n) is 8.95. The van der Waals surface area contributed by atoms with Crippen LogP contribution in [0.25, 0.3) is 0 Å². The predicted molar refractivity (Wildman–Crippen MR) is 58.4 cm³/mol. The van der Waals surface area contributed by atoms with E-state index < -0.39 is 9.84 Å². The highest BCUT2D eigenvalue weighted by atomic mass is 32.2. The fourth-order valence-electron chi connectivity index (χ4n) is 1.55. The molecule has 0 spiro atoms. The molecule has 5 nitrogen and oxygen atoms in total. The maximum atomic E-state index is 11.4. The Morgan fingerprint density at radius 3 is 2.80 bits per heavy atom. The number of piperidine rings is 1. The Bertz CT molecular complexity index is 307. The molecular formula is C9H18N2O3S. The summed E-state index contributed by atoms with van der Waals surface area (Å²) in [6, 6.07) is 0.158. The van der Waals surface area contributed by atoms with Gasteiger partial charge in [0.1, 0.15) is 9.84 Å². The van der Waals surface area contributed by atoms with Gasteiger partial charge in [0.25, 0.3) is 0 Å². The van der Waals surface area contributed by atoms with Crippen molar-refractivity contribution in [2.45, 2.75) is 25.3 Å². The minimum absolute atomic E-state index is 0.0648. The second-order valence-corrected chi connectivity index (χ2v) is 6.25. The molecule has 1 saturated heterocycles. The van der Waals surface area contributed by atoms with Gasteiger partial charge >= 0.3 is 0 Å². The van der Waals surface area contributed by atoms with E-state index in [0.717, 1.165) is 32.2 Å². The van der Waals surface area contributed by atoms with Crippen LogP contribution >= 0.6 is 0 Å². The number of amides is 1. The highest BCUT2D eigenvalue weighted by Gasteiger charge is 2.15. The number of hydrogen-bond donors (Lipinski definition) is 2. The third kappa shape index (κ3) is 5.74. The molecule has 1 amide bonds. The first-order chi connectivity index (χ1) is 6.97. The standard InChI is InChI=1S/C9H18N2O3S/c1-15(13,14)6-4-9(12)11-8-3-2-5-10-7-8/h8,10H,2-7H2,1H3,(H,11,12). The van der Waals surface area contributed by atoms with Gasteiger partial charge in [-0.25, -0.2) is 8.42 Å². The highest BCUT2D eigenvalue weighted by Crippen LogP contribution is 2.01. The lowest BCUT2D eigenvalue weighted by atomic mass is 10.1. The molecule has 1 rings (SSSR count). The van der Waals surface area contributed by atoms with Crippen LogP contribution < -0.4 is 10.6 Å². The van der Waals surface area contributed by atoms with Crippen molar-refractivity contribution in [3.63, 3.8) is 0 Å². The van der Waals surface area contributed by atoms with Crippen molar-refractivity contribution in [3.05, 3.63) is 0 Å². The molecule has 0 aromatic heterocycles. The average Bonchev–Trinajstić information content (AvgIpc) is 2.15. The number of carbonyl (C=O) groups is 1.